The molecular formula is C23H29F3N4O3. The van der Waals surface area contributed by atoms with Crippen LogP contribution in [0.2, 0.25) is 0 Å². The molecule has 1 amide bonds. The Morgan fingerprint density at radius 3 is 2.36 bits per heavy atom. The van der Waals surface area contributed by atoms with Gasteiger partial charge in [-0.25, -0.2) is 4.79 Å². The number of benzene rings is 1. The van der Waals surface area contributed by atoms with Crippen molar-refractivity contribution >= 4 is 11.9 Å². The van der Waals surface area contributed by atoms with Crippen LogP contribution in [-0.4, -0.2) is 57.5 Å². The van der Waals surface area contributed by atoms with Crippen LogP contribution in [0.25, 0.3) is 0 Å². The summed E-state index contributed by atoms with van der Waals surface area (Å²) >= 11 is 0. The van der Waals surface area contributed by atoms with Crippen molar-refractivity contribution in [2.24, 2.45) is 18.9 Å². The average molecular weight is 467 g/mol. The number of halogens is 3. The lowest BCUT2D eigenvalue weighted by molar-refractivity contribution is -0.192. The van der Waals surface area contributed by atoms with E-state index < -0.39 is 12.1 Å². The normalized spacial score (nSPS) is 21.8. The molecule has 1 aliphatic carbocycles. The molecule has 180 valence electrons. The Kier molecular flexibility index (Phi) is 7.46. The van der Waals surface area contributed by atoms with E-state index in [1.165, 1.54) is 17.5 Å². The van der Waals surface area contributed by atoms with Gasteiger partial charge in [0.2, 0.25) is 0 Å². The molecule has 4 rings (SSSR count). The topological polar surface area (TPSA) is 87.5 Å². The van der Waals surface area contributed by atoms with Gasteiger partial charge in [0.25, 0.3) is 5.91 Å². The lowest BCUT2D eigenvalue weighted by Crippen LogP contribution is -2.34. The van der Waals surface area contributed by atoms with Crippen molar-refractivity contribution in [1.29, 1.82) is 0 Å². The molecule has 1 aromatic carbocycles. The van der Waals surface area contributed by atoms with E-state index in [1.54, 1.807) is 16.9 Å². The van der Waals surface area contributed by atoms with Gasteiger partial charge in [-0.3, -0.25) is 9.48 Å². The number of carboxylic acids is 1. The molecule has 1 aromatic heterocycles. The van der Waals surface area contributed by atoms with Crippen LogP contribution in [0.1, 0.15) is 53.8 Å². The predicted molar refractivity (Wildman–Crippen MR) is 116 cm³/mol. The first-order valence-corrected chi connectivity index (χ1v) is 10.9. The second kappa shape index (κ2) is 9.94. The van der Waals surface area contributed by atoms with Gasteiger partial charge >= 0.3 is 12.1 Å². The summed E-state index contributed by atoms with van der Waals surface area (Å²) in [5, 5.41) is 14.6. The SMILES string of the molecule is CC(C)CCN1C[C@@H]2[C@H](NC(=O)c3ccnn3C)c3ccccc3[C@@H]2C1.O=C(O)C(F)(F)F. The number of aliphatic carboxylic acids is 1. The first-order valence-electron chi connectivity index (χ1n) is 10.9. The van der Waals surface area contributed by atoms with Crippen molar-refractivity contribution in [2.75, 3.05) is 19.6 Å². The molecule has 0 unspecified atom stereocenters. The van der Waals surface area contributed by atoms with E-state index in [1.807, 2.05) is 7.05 Å². The maximum Gasteiger partial charge on any atom is 0.490 e. The Morgan fingerprint density at radius 1 is 1.18 bits per heavy atom. The molecule has 2 aromatic rings. The van der Waals surface area contributed by atoms with Crippen molar-refractivity contribution in [1.82, 2.24) is 20.0 Å². The molecule has 0 saturated carbocycles. The van der Waals surface area contributed by atoms with Gasteiger partial charge in [0, 0.05) is 38.2 Å². The van der Waals surface area contributed by atoms with Gasteiger partial charge in [0.05, 0.1) is 6.04 Å². The first-order chi connectivity index (χ1) is 15.5. The molecule has 1 fully saturated rings. The summed E-state index contributed by atoms with van der Waals surface area (Å²) in [5.41, 5.74) is 3.32. The minimum atomic E-state index is -5.08. The van der Waals surface area contributed by atoms with Crippen LogP contribution in [0.5, 0.6) is 0 Å². The molecule has 10 heteroatoms. The van der Waals surface area contributed by atoms with E-state index in [0.717, 1.165) is 25.6 Å². The summed E-state index contributed by atoms with van der Waals surface area (Å²) in [6.45, 7) is 7.87. The number of alkyl halides is 3. The number of nitrogens with one attached hydrogen (secondary N) is 1. The fourth-order valence-electron chi connectivity index (χ4n) is 4.56. The average Bonchev–Trinajstić information content (AvgIpc) is 3.42. The molecule has 1 aliphatic heterocycles. The summed E-state index contributed by atoms with van der Waals surface area (Å²) in [6.07, 6.45) is -2.18. The molecule has 7 nitrogen and oxygen atoms in total. The molecule has 3 atom stereocenters. The smallest absolute Gasteiger partial charge is 0.475 e. The number of carboxylic acid groups (broad SMARTS) is 1. The van der Waals surface area contributed by atoms with Crippen molar-refractivity contribution in [3.8, 4) is 0 Å². The van der Waals surface area contributed by atoms with Crippen molar-refractivity contribution in [3.63, 3.8) is 0 Å². The van der Waals surface area contributed by atoms with Gasteiger partial charge in [-0.15, -0.1) is 0 Å². The monoisotopic (exact) mass is 466 g/mol. The number of amides is 1. The van der Waals surface area contributed by atoms with E-state index in [0.29, 0.717) is 17.5 Å². The second-order valence-corrected chi connectivity index (χ2v) is 8.94. The van der Waals surface area contributed by atoms with Gasteiger partial charge in [-0.05, 0) is 36.1 Å². The molecule has 1 saturated heterocycles. The van der Waals surface area contributed by atoms with Crippen LogP contribution in [0.15, 0.2) is 36.5 Å². The lowest BCUT2D eigenvalue weighted by atomic mass is 9.94. The highest BCUT2D eigenvalue weighted by atomic mass is 19.4. The van der Waals surface area contributed by atoms with Crippen LogP contribution in [0.3, 0.4) is 0 Å². The molecule has 0 spiro atoms. The number of nitrogens with zero attached hydrogens (tertiary/aromatic N) is 3. The Balaban J connectivity index is 0.000000383. The van der Waals surface area contributed by atoms with E-state index in [-0.39, 0.29) is 11.9 Å². The van der Waals surface area contributed by atoms with Crippen LogP contribution >= 0.6 is 0 Å². The first kappa shape index (κ1) is 24.8. The molecule has 2 aliphatic rings. The standard InChI is InChI=1S/C21H28N4O.C2HF3O2/c1-14(2)9-11-25-12-17-15-6-4-5-7-16(15)20(18(17)13-25)23-21(26)19-8-10-22-24(19)3;3-2(4,5)1(6)7/h4-8,10,14,17-18,20H,9,11-13H2,1-3H3,(H,23,26);(H,6,7)/t17-,18-,20+;/m0./s1. The number of hydrogen-bond acceptors (Lipinski definition) is 4. The Bertz CT molecular complexity index is 989. The fourth-order valence-corrected chi connectivity index (χ4v) is 4.56. The number of fused-ring (bicyclic) bond motifs is 3. The number of carbonyl (C=O) groups excluding carboxylic acids is 1. The van der Waals surface area contributed by atoms with Gasteiger partial charge in [-0.2, -0.15) is 18.3 Å². The largest absolute Gasteiger partial charge is 0.490 e. The number of aromatic nitrogens is 2. The van der Waals surface area contributed by atoms with Gasteiger partial charge in [0.1, 0.15) is 5.69 Å². The zero-order chi connectivity index (χ0) is 24.3. The van der Waals surface area contributed by atoms with E-state index in [2.05, 4.69) is 53.4 Å². The number of rotatable bonds is 5. The van der Waals surface area contributed by atoms with E-state index in [4.69, 9.17) is 9.90 Å². The molecule has 2 N–H and O–H groups in total. The predicted octanol–water partition coefficient (Wildman–Crippen LogP) is 3.60. The molecule has 2 heterocycles. The zero-order valence-electron chi connectivity index (χ0n) is 18.8. The molecular weight excluding hydrogens is 437 g/mol. The third-order valence-electron chi connectivity index (χ3n) is 6.20. The number of carbonyl (C=O) groups is 2. The van der Waals surface area contributed by atoms with Crippen molar-refractivity contribution < 1.29 is 27.9 Å². The molecule has 0 bridgehead atoms. The minimum absolute atomic E-state index is 0.0360. The van der Waals surface area contributed by atoms with Gasteiger partial charge < -0.3 is 15.3 Å². The van der Waals surface area contributed by atoms with Gasteiger partial charge in [0.15, 0.2) is 0 Å². The highest BCUT2D eigenvalue weighted by Gasteiger charge is 2.46. The second-order valence-electron chi connectivity index (χ2n) is 8.94. The van der Waals surface area contributed by atoms with Crippen molar-refractivity contribution in [2.45, 2.75) is 38.4 Å². The summed E-state index contributed by atoms with van der Waals surface area (Å²) < 4.78 is 33.4. The third-order valence-corrected chi connectivity index (χ3v) is 6.20. The number of likely N-dealkylation sites (tertiary alicyclic amines) is 1. The third kappa shape index (κ3) is 5.73. The highest BCUT2D eigenvalue weighted by Crippen LogP contribution is 2.49. The van der Waals surface area contributed by atoms with Crippen molar-refractivity contribution in [3.05, 3.63) is 53.3 Å². The Morgan fingerprint density at radius 2 is 1.82 bits per heavy atom. The zero-order valence-corrected chi connectivity index (χ0v) is 18.8. The maximum atomic E-state index is 12.8. The minimum Gasteiger partial charge on any atom is -0.475 e. The summed E-state index contributed by atoms with van der Waals surface area (Å²) in [6, 6.07) is 10.5. The maximum absolute atomic E-state index is 12.8. The molecule has 33 heavy (non-hydrogen) atoms. The Hall–Kier alpha value is -2.88. The number of hydrogen-bond donors (Lipinski definition) is 2. The van der Waals surface area contributed by atoms with Crippen LogP contribution in [0, 0.1) is 11.8 Å². The summed E-state index contributed by atoms with van der Waals surface area (Å²) in [5.74, 6) is -1.09. The van der Waals surface area contributed by atoms with Crippen LogP contribution < -0.4 is 5.32 Å². The van der Waals surface area contributed by atoms with Gasteiger partial charge in [-0.1, -0.05) is 38.1 Å². The quantitative estimate of drug-likeness (QED) is 0.703. The molecule has 0 radical (unpaired) electrons. The highest BCUT2D eigenvalue weighted by molar-refractivity contribution is 5.92. The fraction of sp³-hybridized carbons (Fsp3) is 0.522. The Labute approximate surface area is 190 Å². The lowest BCUT2D eigenvalue weighted by Gasteiger charge is -2.23. The van der Waals surface area contributed by atoms with E-state index >= 15 is 0 Å². The van der Waals surface area contributed by atoms with Crippen LogP contribution in [0.4, 0.5) is 13.2 Å². The van der Waals surface area contributed by atoms with Crippen LogP contribution in [-0.2, 0) is 11.8 Å². The summed E-state index contributed by atoms with van der Waals surface area (Å²) in [7, 11) is 1.81. The summed E-state index contributed by atoms with van der Waals surface area (Å²) in [4.78, 5) is 24.3. The van der Waals surface area contributed by atoms with E-state index in [9.17, 15) is 18.0 Å². The number of aryl methyl sites for hydroxylation is 1.